The van der Waals surface area contributed by atoms with Crippen LogP contribution < -0.4 is 9.64 Å². The number of hydrogen-bond donors (Lipinski definition) is 0. The van der Waals surface area contributed by atoms with Gasteiger partial charge in [-0.25, -0.2) is 0 Å². The molecule has 0 radical (unpaired) electrons. The van der Waals surface area contributed by atoms with E-state index in [0.717, 1.165) is 36.4 Å². The normalized spacial score (nSPS) is 13.2. The molecular weight excluding hydrogens is 322 g/mol. The maximum absolute atomic E-state index is 12.9. The molecule has 3 nitrogen and oxygen atoms in total. The smallest absolute Gasteiger partial charge is 0.258 e. The molecular formula is C23H21NO2. The molecule has 0 saturated carbocycles. The SMILES string of the molecule is O=C(c1ccc(OCc2ccccc2)cc1)N1CCCc2ccccc21. The molecule has 0 aromatic heterocycles. The highest BCUT2D eigenvalue weighted by atomic mass is 16.5. The van der Waals surface area contributed by atoms with E-state index in [1.807, 2.05) is 77.7 Å². The van der Waals surface area contributed by atoms with Crippen molar-refractivity contribution < 1.29 is 9.53 Å². The molecule has 0 spiro atoms. The standard InChI is InChI=1S/C23H21NO2/c25-23(24-16-6-10-19-9-4-5-11-22(19)24)20-12-14-21(15-13-20)26-17-18-7-2-1-3-8-18/h1-5,7-9,11-15H,6,10,16-17H2. The van der Waals surface area contributed by atoms with Gasteiger partial charge in [-0.15, -0.1) is 0 Å². The Kier molecular flexibility index (Phi) is 4.69. The zero-order valence-corrected chi connectivity index (χ0v) is 14.6. The number of rotatable bonds is 4. The molecule has 1 amide bonds. The van der Waals surface area contributed by atoms with Crippen molar-refractivity contribution in [3.8, 4) is 5.75 Å². The highest BCUT2D eigenvalue weighted by Crippen LogP contribution is 2.28. The van der Waals surface area contributed by atoms with Gasteiger partial charge in [0.2, 0.25) is 0 Å². The first-order chi connectivity index (χ1) is 12.8. The number of nitrogens with zero attached hydrogens (tertiary/aromatic N) is 1. The number of aryl methyl sites for hydroxylation is 1. The van der Waals surface area contributed by atoms with Crippen molar-refractivity contribution in [3.63, 3.8) is 0 Å². The van der Waals surface area contributed by atoms with Crippen LogP contribution in [0.1, 0.15) is 27.9 Å². The number of hydrogen-bond acceptors (Lipinski definition) is 2. The molecule has 3 aromatic rings. The van der Waals surface area contributed by atoms with Crippen molar-refractivity contribution in [1.29, 1.82) is 0 Å². The lowest BCUT2D eigenvalue weighted by Gasteiger charge is -2.29. The third-order valence-corrected chi connectivity index (χ3v) is 4.70. The van der Waals surface area contributed by atoms with Gasteiger partial charge >= 0.3 is 0 Å². The van der Waals surface area contributed by atoms with Crippen LogP contribution in [-0.2, 0) is 13.0 Å². The lowest BCUT2D eigenvalue weighted by molar-refractivity contribution is 0.0985. The Morgan fingerprint density at radius 2 is 1.62 bits per heavy atom. The minimum atomic E-state index is 0.0479. The fourth-order valence-electron chi connectivity index (χ4n) is 3.34. The Balaban J connectivity index is 1.46. The van der Waals surface area contributed by atoms with Crippen molar-refractivity contribution in [1.82, 2.24) is 0 Å². The third kappa shape index (κ3) is 3.47. The van der Waals surface area contributed by atoms with E-state index in [2.05, 4.69) is 6.07 Å². The number of para-hydroxylation sites is 1. The Bertz CT molecular complexity index is 888. The van der Waals surface area contributed by atoms with Crippen molar-refractivity contribution in [3.05, 3.63) is 95.6 Å². The molecule has 1 aliphatic rings. The summed E-state index contributed by atoms with van der Waals surface area (Å²) in [7, 11) is 0. The second-order valence-electron chi connectivity index (χ2n) is 6.49. The summed E-state index contributed by atoms with van der Waals surface area (Å²) in [6.07, 6.45) is 2.03. The van der Waals surface area contributed by atoms with Crippen molar-refractivity contribution >= 4 is 11.6 Å². The summed E-state index contributed by atoms with van der Waals surface area (Å²) >= 11 is 0. The zero-order chi connectivity index (χ0) is 17.8. The predicted octanol–water partition coefficient (Wildman–Crippen LogP) is 4.86. The molecule has 4 rings (SSSR count). The van der Waals surface area contributed by atoms with Crippen LogP contribution in [0.3, 0.4) is 0 Å². The van der Waals surface area contributed by atoms with Gasteiger partial charge in [0, 0.05) is 17.8 Å². The Morgan fingerprint density at radius 1 is 0.885 bits per heavy atom. The quantitative estimate of drug-likeness (QED) is 0.677. The molecule has 3 heteroatoms. The number of amides is 1. The van der Waals surface area contributed by atoms with E-state index in [1.54, 1.807) is 0 Å². The summed E-state index contributed by atoms with van der Waals surface area (Å²) in [4.78, 5) is 14.8. The Morgan fingerprint density at radius 3 is 2.42 bits per heavy atom. The molecule has 0 atom stereocenters. The summed E-state index contributed by atoms with van der Waals surface area (Å²) in [5.41, 5.74) is 4.09. The van der Waals surface area contributed by atoms with Gasteiger partial charge in [-0.3, -0.25) is 4.79 Å². The molecule has 1 heterocycles. The third-order valence-electron chi connectivity index (χ3n) is 4.70. The van der Waals surface area contributed by atoms with E-state index in [9.17, 15) is 4.79 Å². The molecule has 0 fully saturated rings. The van der Waals surface area contributed by atoms with Gasteiger partial charge in [-0.05, 0) is 54.3 Å². The van der Waals surface area contributed by atoms with E-state index in [1.165, 1.54) is 5.56 Å². The monoisotopic (exact) mass is 343 g/mol. The second-order valence-corrected chi connectivity index (χ2v) is 6.49. The molecule has 0 saturated heterocycles. The number of anilines is 1. The number of benzene rings is 3. The largest absolute Gasteiger partial charge is 0.489 e. The highest BCUT2D eigenvalue weighted by molar-refractivity contribution is 6.06. The molecule has 26 heavy (non-hydrogen) atoms. The number of ether oxygens (including phenoxy) is 1. The first-order valence-corrected chi connectivity index (χ1v) is 8.98. The topological polar surface area (TPSA) is 29.5 Å². The molecule has 0 N–H and O–H groups in total. The fourth-order valence-corrected chi connectivity index (χ4v) is 3.34. The van der Waals surface area contributed by atoms with Crippen LogP contribution in [-0.4, -0.2) is 12.5 Å². The summed E-state index contributed by atoms with van der Waals surface area (Å²) in [5, 5.41) is 0. The molecule has 130 valence electrons. The first kappa shape index (κ1) is 16.4. The summed E-state index contributed by atoms with van der Waals surface area (Å²) < 4.78 is 5.80. The second kappa shape index (κ2) is 7.44. The van der Waals surface area contributed by atoms with Crippen LogP contribution in [0.4, 0.5) is 5.69 Å². The lowest BCUT2D eigenvalue weighted by Crippen LogP contribution is -2.35. The van der Waals surface area contributed by atoms with Crippen molar-refractivity contribution in [2.24, 2.45) is 0 Å². The van der Waals surface area contributed by atoms with Crippen LogP contribution in [0.15, 0.2) is 78.9 Å². The van der Waals surface area contributed by atoms with Gasteiger partial charge in [-0.1, -0.05) is 48.5 Å². The van der Waals surface area contributed by atoms with Gasteiger partial charge < -0.3 is 9.64 Å². The van der Waals surface area contributed by atoms with Crippen LogP contribution in [0.25, 0.3) is 0 Å². The van der Waals surface area contributed by atoms with E-state index in [0.29, 0.717) is 12.2 Å². The highest BCUT2D eigenvalue weighted by Gasteiger charge is 2.23. The van der Waals surface area contributed by atoms with Crippen LogP contribution >= 0.6 is 0 Å². The van der Waals surface area contributed by atoms with Gasteiger partial charge in [0.25, 0.3) is 5.91 Å². The van der Waals surface area contributed by atoms with Crippen molar-refractivity contribution in [2.75, 3.05) is 11.4 Å². The Labute approximate surface area is 153 Å². The zero-order valence-electron chi connectivity index (χ0n) is 14.6. The average molecular weight is 343 g/mol. The summed E-state index contributed by atoms with van der Waals surface area (Å²) in [5.74, 6) is 0.816. The molecule has 1 aliphatic heterocycles. The van der Waals surface area contributed by atoms with Crippen molar-refractivity contribution in [2.45, 2.75) is 19.4 Å². The van der Waals surface area contributed by atoms with Gasteiger partial charge in [0.05, 0.1) is 0 Å². The van der Waals surface area contributed by atoms with Crippen LogP contribution in [0, 0.1) is 0 Å². The van der Waals surface area contributed by atoms with E-state index in [4.69, 9.17) is 4.74 Å². The fraction of sp³-hybridized carbons (Fsp3) is 0.174. The van der Waals surface area contributed by atoms with Crippen LogP contribution in [0.5, 0.6) is 5.75 Å². The van der Waals surface area contributed by atoms with Gasteiger partial charge in [0.15, 0.2) is 0 Å². The maximum atomic E-state index is 12.9. The predicted molar refractivity (Wildman–Crippen MR) is 104 cm³/mol. The minimum Gasteiger partial charge on any atom is -0.489 e. The molecule has 0 bridgehead atoms. The number of carbonyl (C=O) groups is 1. The van der Waals surface area contributed by atoms with E-state index < -0.39 is 0 Å². The molecule has 0 aliphatic carbocycles. The van der Waals surface area contributed by atoms with Gasteiger partial charge in [-0.2, -0.15) is 0 Å². The van der Waals surface area contributed by atoms with Crippen LogP contribution in [0.2, 0.25) is 0 Å². The first-order valence-electron chi connectivity index (χ1n) is 8.98. The minimum absolute atomic E-state index is 0.0479. The maximum Gasteiger partial charge on any atom is 0.258 e. The van der Waals surface area contributed by atoms with Gasteiger partial charge in [0.1, 0.15) is 12.4 Å². The lowest BCUT2D eigenvalue weighted by atomic mass is 10.0. The molecule has 3 aromatic carbocycles. The van der Waals surface area contributed by atoms with E-state index in [-0.39, 0.29) is 5.91 Å². The number of fused-ring (bicyclic) bond motifs is 1. The number of carbonyl (C=O) groups excluding carboxylic acids is 1. The van der Waals surface area contributed by atoms with E-state index >= 15 is 0 Å². The summed E-state index contributed by atoms with van der Waals surface area (Å²) in [6.45, 7) is 1.29. The average Bonchev–Trinajstić information content (AvgIpc) is 2.72. The Hall–Kier alpha value is -3.07. The summed E-state index contributed by atoms with van der Waals surface area (Å²) in [6, 6.07) is 25.6. The molecule has 0 unspecified atom stereocenters.